The van der Waals surface area contributed by atoms with E-state index < -0.39 is 0 Å². The van der Waals surface area contributed by atoms with Crippen molar-refractivity contribution in [3.05, 3.63) is 47.2 Å². The first-order chi connectivity index (χ1) is 12.3. The Morgan fingerprint density at radius 3 is 3.08 bits per heavy atom. The van der Waals surface area contributed by atoms with Crippen LogP contribution in [0.4, 0.5) is 0 Å². The average Bonchev–Trinajstić information content (AvgIpc) is 2.63. The van der Waals surface area contributed by atoms with Crippen molar-refractivity contribution < 1.29 is 4.74 Å². The standard InChI is InChI=1S/C22H32N2O/c1-3-8-20-11-7-12-22(23-20)25-16-5-4-14-24-15-13-19-10-6-9-18(2)21(19)17-24/h6-7,10-12,18H,3-5,8-9,13-17H2,1-2H3. The summed E-state index contributed by atoms with van der Waals surface area (Å²) < 4.78 is 5.84. The summed E-state index contributed by atoms with van der Waals surface area (Å²) in [6, 6.07) is 6.10. The van der Waals surface area contributed by atoms with Gasteiger partial charge in [-0.3, -0.25) is 4.90 Å². The highest BCUT2D eigenvalue weighted by molar-refractivity contribution is 5.34. The molecule has 2 aliphatic rings. The summed E-state index contributed by atoms with van der Waals surface area (Å²) in [4.78, 5) is 7.18. The fourth-order valence-electron chi connectivity index (χ4n) is 3.82. The molecule has 3 heteroatoms. The largest absolute Gasteiger partial charge is 0.478 e. The SMILES string of the molecule is CCCc1cccc(OCCCCN2CCC3=C(C2)C(C)CC=C3)n1. The number of aryl methyl sites for hydroxylation is 1. The van der Waals surface area contributed by atoms with Crippen LogP contribution in [0.5, 0.6) is 5.88 Å². The molecule has 3 rings (SSSR count). The van der Waals surface area contributed by atoms with Gasteiger partial charge in [0.15, 0.2) is 0 Å². The Hall–Kier alpha value is -1.61. The molecule has 0 spiro atoms. The van der Waals surface area contributed by atoms with Gasteiger partial charge in [-0.2, -0.15) is 0 Å². The number of unbranched alkanes of at least 4 members (excludes halogenated alkanes) is 1. The molecular weight excluding hydrogens is 308 g/mol. The van der Waals surface area contributed by atoms with Gasteiger partial charge in [0.2, 0.25) is 5.88 Å². The molecule has 2 heterocycles. The normalized spacial score (nSPS) is 20.6. The van der Waals surface area contributed by atoms with Gasteiger partial charge >= 0.3 is 0 Å². The summed E-state index contributed by atoms with van der Waals surface area (Å²) in [5.41, 5.74) is 4.42. The molecule has 1 aliphatic carbocycles. The molecule has 0 fully saturated rings. The van der Waals surface area contributed by atoms with E-state index in [4.69, 9.17) is 4.74 Å². The number of allylic oxidation sites excluding steroid dienone is 2. The van der Waals surface area contributed by atoms with Crippen LogP contribution < -0.4 is 4.74 Å². The molecule has 1 aromatic heterocycles. The maximum Gasteiger partial charge on any atom is 0.213 e. The van der Waals surface area contributed by atoms with E-state index in [2.05, 4.69) is 41.9 Å². The maximum atomic E-state index is 5.84. The van der Waals surface area contributed by atoms with Gasteiger partial charge in [-0.15, -0.1) is 0 Å². The van der Waals surface area contributed by atoms with Crippen LogP contribution >= 0.6 is 0 Å². The molecule has 0 amide bonds. The van der Waals surface area contributed by atoms with Crippen LogP contribution in [0.2, 0.25) is 0 Å². The minimum absolute atomic E-state index is 0.729. The van der Waals surface area contributed by atoms with E-state index >= 15 is 0 Å². The third kappa shape index (κ3) is 5.18. The smallest absolute Gasteiger partial charge is 0.213 e. The molecule has 25 heavy (non-hydrogen) atoms. The lowest BCUT2D eigenvalue weighted by Crippen LogP contribution is -2.34. The zero-order valence-electron chi connectivity index (χ0n) is 15.8. The second-order valence-corrected chi connectivity index (χ2v) is 7.39. The average molecular weight is 341 g/mol. The van der Waals surface area contributed by atoms with E-state index in [1.54, 1.807) is 11.1 Å². The van der Waals surface area contributed by atoms with Gasteiger partial charge < -0.3 is 4.74 Å². The van der Waals surface area contributed by atoms with Gasteiger partial charge in [0.1, 0.15) is 0 Å². The summed E-state index contributed by atoms with van der Waals surface area (Å²) in [7, 11) is 0. The number of nitrogens with zero attached hydrogens (tertiary/aromatic N) is 2. The van der Waals surface area contributed by atoms with Crippen LogP contribution in [0.3, 0.4) is 0 Å². The molecule has 1 atom stereocenters. The number of rotatable bonds is 8. The van der Waals surface area contributed by atoms with Gasteiger partial charge in [-0.25, -0.2) is 4.98 Å². The molecule has 1 aromatic rings. The van der Waals surface area contributed by atoms with E-state index in [-0.39, 0.29) is 0 Å². The lowest BCUT2D eigenvalue weighted by Gasteiger charge is -2.34. The number of ether oxygens (including phenoxy) is 1. The van der Waals surface area contributed by atoms with Crippen LogP contribution in [-0.2, 0) is 6.42 Å². The monoisotopic (exact) mass is 340 g/mol. The Morgan fingerprint density at radius 1 is 1.28 bits per heavy atom. The van der Waals surface area contributed by atoms with E-state index in [1.165, 1.54) is 38.9 Å². The predicted octanol–water partition coefficient (Wildman–Crippen LogP) is 4.79. The fraction of sp³-hybridized carbons (Fsp3) is 0.591. The number of hydrogen-bond acceptors (Lipinski definition) is 3. The Bertz CT molecular complexity index is 620. The fourth-order valence-corrected chi connectivity index (χ4v) is 3.82. The Morgan fingerprint density at radius 2 is 2.20 bits per heavy atom. The van der Waals surface area contributed by atoms with Gasteiger partial charge in [-0.05, 0) is 61.8 Å². The summed E-state index contributed by atoms with van der Waals surface area (Å²) in [6.07, 6.45) is 11.6. The first kappa shape index (κ1) is 18.2. The minimum Gasteiger partial charge on any atom is -0.478 e. The maximum absolute atomic E-state index is 5.84. The van der Waals surface area contributed by atoms with Crippen LogP contribution in [-0.4, -0.2) is 36.1 Å². The molecule has 0 radical (unpaired) electrons. The van der Waals surface area contributed by atoms with Crippen molar-refractivity contribution in [3.8, 4) is 5.88 Å². The molecule has 0 bridgehead atoms. The van der Waals surface area contributed by atoms with E-state index in [9.17, 15) is 0 Å². The summed E-state index contributed by atoms with van der Waals surface area (Å²) in [6.45, 7) is 8.87. The van der Waals surface area contributed by atoms with Gasteiger partial charge in [0.25, 0.3) is 0 Å². The number of hydrogen-bond donors (Lipinski definition) is 0. The van der Waals surface area contributed by atoms with Gasteiger partial charge in [0.05, 0.1) is 6.61 Å². The molecular formula is C22H32N2O. The Kier molecular flexibility index (Phi) is 6.69. The first-order valence-electron chi connectivity index (χ1n) is 9.96. The van der Waals surface area contributed by atoms with Crippen molar-refractivity contribution >= 4 is 0 Å². The molecule has 136 valence electrons. The van der Waals surface area contributed by atoms with Gasteiger partial charge in [-0.1, -0.05) is 38.5 Å². The summed E-state index contributed by atoms with van der Waals surface area (Å²) in [5.74, 6) is 1.51. The topological polar surface area (TPSA) is 25.4 Å². The van der Waals surface area contributed by atoms with Crippen LogP contribution in [0, 0.1) is 5.92 Å². The highest BCUT2D eigenvalue weighted by Gasteiger charge is 2.22. The summed E-state index contributed by atoms with van der Waals surface area (Å²) >= 11 is 0. The molecule has 1 aliphatic heterocycles. The molecule has 1 unspecified atom stereocenters. The van der Waals surface area contributed by atoms with Crippen LogP contribution in [0.1, 0.15) is 51.6 Å². The Balaban J connectivity index is 1.36. The van der Waals surface area contributed by atoms with Crippen molar-refractivity contribution in [3.63, 3.8) is 0 Å². The molecule has 0 N–H and O–H groups in total. The quantitative estimate of drug-likeness (QED) is 0.636. The lowest BCUT2D eigenvalue weighted by atomic mass is 9.84. The van der Waals surface area contributed by atoms with Gasteiger partial charge in [0, 0.05) is 24.8 Å². The lowest BCUT2D eigenvalue weighted by molar-refractivity contribution is 0.247. The third-order valence-electron chi connectivity index (χ3n) is 5.31. The van der Waals surface area contributed by atoms with Crippen molar-refractivity contribution in [1.29, 1.82) is 0 Å². The van der Waals surface area contributed by atoms with Crippen LogP contribution in [0.15, 0.2) is 41.5 Å². The molecule has 0 aromatic carbocycles. The second kappa shape index (κ2) is 9.19. The zero-order chi connectivity index (χ0) is 17.5. The molecule has 0 saturated heterocycles. The summed E-state index contributed by atoms with van der Waals surface area (Å²) in [5, 5.41) is 0. The number of aromatic nitrogens is 1. The highest BCUT2D eigenvalue weighted by Crippen LogP contribution is 2.30. The van der Waals surface area contributed by atoms with Crippen molar-refractivity contribution in [2.75, 3.05) is 26.2 Å². The second-order valence-electron chi connectivity index (χ2n) is 7.39. The first-order valence-corrected chi connectivity index (χ1v) is 9.96. The Labute approximate surface area is 152 Å². The van der Waals surface area contributed by atoms with Crippen molar-refractivity contribution in [2.24, 2.45) is 5.92 Å². The van der Waals surface area contributed by atoms with Crippen molar-refractivity contribution in [2.45, 2.75) is 52.4 Å². The van der Waals surface area contributed by atoms with E-state index in [0.717, 1.165) is 43.4 Å². The number of pyridine rings is 1. The highest BCUT2D eigenvalue weighted by atomic mass is 16.5. The molecule has 3 nitrogen and oxygen atoms in total. The zero-order valence-corrected chi connectivity index (χ0v) is 15.8. The predicted molar refractivity (Wildman–Crippen MR) is 104 cm³/mol. The minimum atomic E-state index is 0.729. The van der Waals surface area contributed by atoms with Crippen molar-refractivity contribution in [1.82, 2.24) is 9.88 Å². The van der Waals surface area contributed by atoms with E-state index in [1.807, 2.05) is 12.1 Å². The molecule has 0 saturated carbocycles. The van der Waals surface area contributed by atoms with Crippen LogP contribution in [0.25, 0.3) is 0 Å². The third-order valence-corrected chi connectivity index (χ3v) is 5.31. The van der Waals surface area contributed by atoms with E-state index in [0.29, 0.717) is 0 Å².